The maximum Gasteiger partial charge on any atom is 0.129 e. The molecule has 2 aliphatic rings. The summed E-state index contributed by atoms with van der Waals surface area (Å²) in [6.45, 7) is 8.08. The minimum Gasteiger partial charge on any atom is -0.487 e. The van der Waals surface area contributed by atoms with Crippen LogP contribution in [-0.2, 0) is 4.74 Å². The Kier molecular flexibility index (Phi) is 3.17. The third kappa shape index (κ3) is 2.32. The molecule has 1 saturated heterocycles. The Morgan fingerprint density at radius 3 is 2.88 bits per heavy atom. The van der Waals surface area contributed by atoms with Gasteiger partial charge < -0.3 is 9.84 Å². The lowest BCUT2D eigenvalue weighted by atomic mass is 9.78. The molecule has 0 spiro atoms. The number of fused-ring (bicyclic) bond motifs is 1. The summed E-state index contributed by atoms with van der Waals surface area (Å²) in [5, 5.41) is 10.6. The Balaban J connectivity index is 2.29. The number of allylic oxidation sites excluding steroid dienone is 4. The number of aliphatic hydroxyl groups is 1. The van der Waals surface area contributed by atoms with Crippen molar-refractivity contribution in [3.05, 3.63) is 35.1 Å². The van der Waals surface area contributed by atoms with E-state index in [0.717, 1.165) is 12.8 Å². The van der Waals surface area contributed by atoms with Gasteiger partial charge in [0, 0.05) is 5.92 Å². The maximum atomic E-state index is 10.6. The van der Waals surface area contributed by atoms with Crippen molar-refractivity contribution in [1.82, 2.24) is 0 Å². The van der Waals surface area contributed by atoms with Crippen molar-refractivity contribution in [3.8, 4) is 0 Å². The summed E-state index contributed by atoms with van der Waals surface area (Å²) in [6, 6.07) is 0. The highest BCUT2D eigenvalue weighted by Gasteiger charge is 2.49. The summed E-state index contributed by atoms with van der Waals surface area (Å²) < 4.78 is 5.89. The molecule has 2 rings (SSSR count). The van der Waals surface area contributed by atoms with Crippen molar-refractivity contribution >= 4 is 0 Å². The first kappa shape index (κ1) is 12.4. The summed E-state index contributed by atoms with van der Waals surface area (Å²) in [5.41, 5.74) is 1.75. The minimum absolute atomic E-state index is 0.0514. The van der Waals surface area contributed by atoms with Crippen molar-refractivity contribution in [1.29, 1.82) is 0 Å². The van der Waals surface area contributed by atoms with E-state index in [4.69, 9.17) is 4.74 Å². The Hall–Kier alpha value is -1.02. The fourth-order valence-electron chi connectivity index (χ4n) is 2.64. The number of hydrogen-bond acceptors (Lipinski definition) is 2. The van der Waals surface area contributed by atoms with E-state index in [9.17, 15) is 5.11 Å². The van der Waals surface area contributed by atoms with Crippen LogP contribution in [0.4, 0.5) is 0 Å². The predicted octanol–water partition coefficient (Wildman–Crippen LogP) is 3.34. The summed E-state index contributed by atoms with van der Waals surface area (Å²) in [4.78, 5) is 0. The van der Waals surface area contributed by atoms with Gasteiger partial charge in [0.2, 0.25) is 0 Å². The van der Waals surface area contributed by atoms with Crippen molar-refractivity contribution in [3.63, 3.8) is 0 Å². The second-order valence-corrected chi connectivity index (χ2v) is 5.66. The SMILES string of the molecule is CC(C)=CC=C1OC2C=C(C)CCC2C1(C)O. The Labute approximate surface area is 104 Å². The van der Waals surface area contributed by atoms with Gasteiger partial charge in [0.15, 0.2) is 0 Å². The van der Waals surface area contributed by atoms with Gasteiger partial charge in [-0.3, -0.25) is 0 Å². The largest absolute Gasteiger partial charge is 0.487 e. The molecule has 0 aromatic rings. The lowest BCUT2D eigenvalue weighted by molar-refractivity contribution is 0.0470. The second-order valence-electron chi connectivity index (χ2n) is 5.66. The average molecular weight is 234 g/mol. The van der Waals surface area contributed by atoms with E-state index < -0.39 is 5.60 Å². The second kappa shape index (κ2) is 4.34. The van der Waals surface area contributed by atoms with E-state index in [1.807, 2.05) is 32.9 Å². The summed E-state index contributed by atoms with van der Waals surface area (Å²) in [5.74, 6) is 0.905. The van der Waals surface area contributed by atoms with Gasteiger partial charge in [-0.1, -0.05) is 17.2 Å². The number of rotatable bonds is 1. The highest BCUT2D eigenvalue weighted by atomic mass is 16.5. The standard InChI is InChI=1S/C15H22O2/c1-10(2)5-8-14-15(4,16)12-7-6-11(3)9-13(12)17-14/h5,8-9,12-13,16H,6-7H2,1-4H3. The first-order chi connectivity index (χ1) is 7.91. The third-order valence-electron chi connectivity index (χ3n) is 3.75. The molecule has 94 valence electrons. The molecule has 0 bridgehead atoms. The molecule has 1 heterocycles. The normalized spacial score (nSPS) is 38.4. The van der Waals surface area contributed by atoms with Crippen LogP contribution >= 0.6 is 0 Å². The van der Waals surface area contributed by atoms with Crippen LogP contribution in [0.15, 0.2) is 35.1 Å². The Bertz CT molecular complexity index is 395. The van der Waals surface area contributed by atoms with Crippen LogP contribution < -0.4 is 0 Å². The quantitative estimate of drug-likeness (QED) is 0.705. The molecular weight excluding hydrogens is 212 g/mol. The van der Waals surface area contributed by atoms with Gasteiger partial charge in [-0.2, -0.15) is 0 Å². The molecule has 1 fully saturated rings. The van der Waals surface area contributed by atoms with Crippen LogP contribution in [0.3, 0.4) is 0 Å². The van der Waals surface area contributed by atoms with Crippen LogP contribution in [0.5, 0.6) is 0 Å². The first-order valence-electron chi connectivity index (χ1n) is 6.33. The molecule has 0 amide bonds. The zero-order valence-electron chi connectivity index (χ0n) is 11.2. The van der Waals surface area contributed by atoms with Gasteiger partial charge in [0.1, 0.15) is 17.5 Å². The number of hydrogen-bond donors (Lipinski definition) is 1. The number of ether oxygens (including phenoxy) is 1. The molecule has 17 heavy (non-hydrogen) atoms. The fraction of sp³-hybridized carbons (Fsp3) is 0.600. The molecule has 2 nitrogen and oxygen atoms in total. The molecule has 0 aromatic heterocycles. The molecule has 3 atom stereocenters. The van der Waals surface area contributed by atoms with E-state index in [0.29, 0.717) is 5.76 Å². The minimum atomic E-state index is -0.826. The lowest BCUT2D eigenvalue weighted by Gasteiger charge is -2.28. The summed E-state index contributed by atoms with van der Waals surface area (Å²) in [7, 11) is 0. The molecule has 0 radical (unpaired) electrons. The maximum absolute atomic E-state index is 10.6. The molecule has 1 N–H and O–H groups in total. The fourth-order valence-corrected chi connectivity index (χ4v) is 2.64. The molecule has 1 aliphatic carbocycles. The van der Waals surface area contributed by atoms with Crippen LogP contribution in [0, 0.1) is 5.92 Å². The van der Waals surface area contributed by atoms with Gasteiger partial charge >= 0.3 is 0 Å². The lowest BCUT2D eigenvalue weighted by Crippen LogP contribution is -2.35. The van der Waals surface area contributed by atoms with Gasteiger partial charge in [-0.15, -0.1) is 0 Å². The molecule has 0 aromatic carbocycles. The zero-order chi connectivity index (χ0) is 12.6. The van der Waals surface area contributed by atoms with E-state index in [1.165, 1.54) is 11.1 Å². The van der Waals surface area contributed by atoms with E-state index >= 15 is 0 Å². The zero-order valence-corrected chi connectivity index (χ0v) is 11.2. The van der Waals surface area contributed by atoms with E-state index in [1.54, 1.807) is 0 Å². The van der Waals surface area contributed by atoms with Crippen molar-refractivity contribution < 1.29 is 9.84 Å². The van der Waals surface area contributed by atoms with Crippen molar-refractivity contribution in [2.45, 2.75) is 52.2 Å². The first-order valence-corrected chi connectivity index (χ1v) is 6.33. The van der Waals surface area contributed by atoms with Crippen LogP contribution in [0.2, 0.25) is 0 Å². The molecular formula is C15H22O2. The monoisotopic (exact) mass is 234 g/mol. The Morgan fingerprint density at radius 1 is 1.53 bits per heavy atom. The molecule has 0 saturated carbocycles. The molecule has 1 aliphatic heterocycles. The topological polar surface area (TPSA) is 29.5 Å². The van der Waals surface area contributed by atoms with E-state index in [-0.39, 0.29) is 12.0 Å². The van der Waals surface area contributed by atoms with Gasteiger partial charge in [0.05, 0.1) is 0 Å². The highest BCUT2D eigenvalue weighted by Crippen LogP contribution is 2.45. The van der Waals surface area contributed by atoms with Gasteiger partial charge in [-0.05, 0) is 52.7 Å². The van der Waals surface area contributed by atoms with Crippen molar-refractivity contribution in [2.24, 2.45) is 5.92 Å². The summed E-state index contributed by atoms with van der Waals surface area (Å²) >= 11 is 0. The summed E-state index contributed by atoms with van der Waals surface area (Å²) in [6.07, 6.45) is 8.19. The van der Waals surface area contributed by atoms with Crippen LogP contribution in [-0.4, -0.2) is 16.8 Å². The molecule has 2 heteroatoms. The van der Waals surface area contributed by atoms with Gasteiger partial charge in [-0.25, -0.2) is 0 Å². The van der Waals surface area contributed by atoms with Gasteiger partial charge in [0.25, 0.3) is 0 Å². The highest BCUT2D eigenvalue weighted by molar-refractivity contribution is 5.28. The van der Waals surface area contributed by atoms with Crippen molar-refractivity contribution in [2.75, 3.05) is 0 Å². The van der Waals surface area contributed by atoms with Crippen LogP contribution in [0.1, 0.15) is 40.5 Å². The average Bonchev–Trinajstić information content (AvgIpc) is 2.46. The van der Waals surface area contributed by atoms with E-state index in [2.05, 4.69) is 13.0 Å². The molecule has 3 unspecified atom stereocenters. The Morgan fingerprint density at radius 2 is 2.24 bits per heavy atom. The predicted molar refractivity (Wildman–Crippen MR) is 69.5 cm³/mol. The smallest absolute Gasteiger partial charge is 0.129 e. The third-order valence-corrected chi connectivity index (χ3v) is 3.75. The van der Waals surface area contributed by atoms with Crippen LogP contribution in [0.25, 0.3) is 0 Å².